The van der Waals surface area contributed by atoms with Crippen LogP contribution in [0.2, 0.25) is 0 Å². The number of rotatable bonds is 4. The summed E-state index contributed by atoms with van der Waals surface area (Å²) in [5.74, 6) is 4.72. The Hall–Kier alpha value is -4.58. The highest BCUT2D eigenvalue weighted by molar-refractivity contribution is 6.13. The first-order valence-corrected chi connectivity index (χ1v) is 17.4. The molecule has 6 unspecified atom stereocenters. The molecule has 46 heavy (non-hydrogen) atoms. The second-order valence-electron chi connectivity index (χ2n) is 14.6. The smallest absolute Gasteiger partial charge is 0.220 e. The fourth-order valence-electron chi connectivity index (χ4n) is 9.72. The molecule has 6 aliphatic carbocycles. The van der Waals surface area contributed by atoms with E-state index < -0.39 is 0 Å². The van der Waals surface area contributed by atoms with Gasteiger partial charge < -0.3 is 10.6 Å². The predicted molar refractivity (Wildman–Crippen MR) is 192 cm³/mol. The number of hydrogen-bond donors (Lipinski definition) is 4. The van der Waals surface area contributed by atoms with Crippen LogP contribution in [0.3, 0.4) is 0 Å². The third kappa shape index (κ3) is 4.44. The molecule has 6 aliphatic rings. The Kier molecular flexibility index (Phi) is 6.06. The van der Waals surface area contributed by atoms with Crippen LogP contribution in [-0.4, -0.2) is 24.0 Å². The molecular formula is C40H40N6. The van der Waals surface area contributed by atoms with Crippen molar-refractivity contribution in [3.05, 3.63) is 82.9 Å². The first-order valence-electron chi connectivity index (χ1n) is 17.4. The van der Waals surface area contributed by atoms with Gasteiger partial charge in [-0.15, -0.1) is 0 Å². The van der Waals surface area contributed by atoms with Crippen LogP contribution >= 0.6 is 0 Å². The number of nitrogens with zero attached hydrogens (tertiary/aromatic N) is 2. The number of hydrogen-bond acceptors (Lipinski definition) is 2. The number of nitrogens with one attached hydrogen (secondary N) is 4. The molecule has 6 nitrogen and oxygen atoms in total. The summed E-state index contributed by atoms with van der Waals surface area (Å²) in [6.45, 7) is 0. The molecule has 0 saturated heterocycles. The van der Waals surface area contributed by atoms with Crippen molar-refractivity contribution in [2.75, 3.05) is 5.32 Å². The van der Waals surface area contributed by atoms with Gasteiger partial charge in [0.05, 0.1) is 11.7 Å². The number of fused-ring (bicyclic) bond motifs is 4. The zero-order valence-corrected chi connectivity index (χ0v) is 26.1. The van der Waals surface area contributed by atoms with Crippen LogP contribution in [-0.2, 0) is 0 Å². The maximum atomic E-state index is 5.39. The topological polar surface area (TPSA) is 72.8 Å². The van der Waals surface area contributed by atoms with Gasteiger partial charge in [0, 0.05) is 22.5 Å². The Morgan fingerprint density at radius 1 is 0.587 bits per heavy atom. The fourth-order valence-corrected chi connectivity index (χ4v) is 9.72. The predicted octanol–water partition coefficient (Wildman–Crippen LogP) is 8.48. The lowest BCUT2D eigenvalue weighted by atomic mass is 9.95. The van der Waals surface area contributed by atoms with Crippen LogP contribution in [0.1, 0.15) is 73.6 Å². The molecule has 4 fully saturated rings. The van der Waals surface area contributed by atoms with E-state index in [0.717, 1.165) is 46.4 Å². The van der Waals surface area contributed by atoms with Gasteiger partial charge in [-0.2, -0.15) is 0 Å². The summed E-state index contributed by atoms with van der Waals surface area (Å²) >= 11 is 0. The van der Waals surface area contributed by atoms with E-state index in [9.17, 15) is 0 Å². The van der Waals surface area contributed by atoms with Crippen molar-refractivity contribution in [1.29, 1.82) is 0 Å². The molecular weight excluding hydrogens is 564 g/mol. The Bertz CT molecular complexity index is 2000. The third-order valence-electron chi connectivity index (χ3n) is 11.9. The number of hydrazine groups is 1. The Balaban J connectivity index is 1.01. The highest BCUT2D eigenvalue weighted by atomic mass is 15.5. The second-order valence-corrected chi connectivity index (χ2v) is 14.6. The Morgan fingerprint density at radius 2 is 1.24 bits per heavy atom. The van der Waals surface area contributed by atoms with Crippen molar-refractivity contribution in [1.82, 2.24) is 16.2 Å². The molecule has 0 amide bonds. The first-order chi connectivity index (χ1) is 22.7. The molecule has 0 radical (unpaired) electrons. The van der Waals surface area contributed by atoms with E-state index in [1.54, 1.807) is 0 Å². The van der Waals surface area contributed by atoms with E-state index in [4.69, 9.17) is 9.98 Å². The van der Waals surface area contributed by atoms with Crippen LogP contribution in [0.15, 0.2) is 70.6 Å². The second kappa shape index (κ2) is 10.5. The molecule has 0 aromatic heterocycles. The number of guanidine groups is 2. The molecule has 0 heterocycles. The lowest BCUT2D eigenvalue weighted by Crippen LogP contribution is -2.53. The van der Waals surface area contributed by atoms with E-state index in [1.165, 1.54) is 89.8 Å². The summed E-state index contributed by atoms with van der Waals surface area (Å²) in [5.41, 5.74) is 14.1. The molecule has 230 valence electrons. The van der Waals surface area contributed by atoms with Crippen molar-refractivity contribution >= 4 is 69.1 Å². The van der Waals surface area contributed by atoms with Gasteiger partial charge in [-0.3, -0.25) is 10.9 Å². The van der Waals surface area contributed by atoms with Gasteiger partial charge in [0.15, 0.2) is 0 Å². The van der Waals surface area contributed by atoms with Crippen LogP contribution in [0.5, 0.6) is 0 Å². The van der Waals surface area contributed by atoms with Gasteiger partial charge in [0.1, 0.15) is 0 Å². The molecule has 4 bridgehead atoms. The van der Waals surface area contributed by atoms with Crippen molar-refractivity contribution in [2.24, 2.45) is 33.7 Å². The largest absolute Gasteiger partial charge is 0.352 e. The Morgan fingerprint density at radius 3 is 1.93 bits per heavy atom. The summed E-state index contributed by atoms with van der Waals surface area (Å²) in [7, 11) is 0. The zero-order chi connectivity index (χ0) is 30.2. The molecule has 4 aromatic carbocycles. The number of benzene rings is 4. The SMILES string of the molecule is C1=Cc2ccc(N=C(NNC(=NC3CC4CCC3C4)NC3CC4CCC3C4)Nc3ccc4c5c(cccc35)C=C4)c3cccc1c23. The summed E-state index contributed by atoms with van der Waals surface area (Å²) in [4.78, 5) is 10.7. The lowest BCUT2D eigenvalue weighted by molar-refractivity contribution is 0.381. The van der Waals surface area contributed by atoms with Gasteiger partial charge in [0.25, 0.3) is 0 Å². The normalized spacial score (nSPS) is 28.3. The minimum Gasteiger partial charge on any atom is -0.352 e. The molecule has 4 aromatic rings. The summed E-state index contributed by atoms with van der Waals surface area (Å²) in [5, 5.41) is 12.5. The standard InChI is InChI=1S/C40H40N6/c1-3-25-11-13-27-15-17-33(31(5-1)37(25)27)41-39(42-34-18-16-28-14-12-26-4-2-6-32(34)38(26)28)45-46-40(43-35-21-23-7-9-29(35)19-23)44-36-22-24-8-10-30(36)20-24/h1-6,11-18,23-24,29-30,35-36H,7-10,19-22H2,(H2,41,42,45)(H2,43,44,46). The van der Waals surface area contributed by atoms with E-state index in [-0.39, 0.29) is 0 Å². The molecule has 4 saturated carbocycles. The fraction of sp³-hybridized carbons (Fsp3) is 0.350. The molecule has 6 atom stereocenters. The van der Waals surface area contributed by atoms with Crippen LogP contribution in [0, 0.1) is 23.7 Å². The zero-order valence-electron chi connectivity index (χ0n) is 26.1. The van der Waals surface area contributed by atoms with Crippen molar-refractivity contribution in [3.63, 3.8) is 0 Å². The van der Waals surface area contributed by atoms with Crippen molar-refractivity contribution < 1.29 is 0 Å². The van der Waals surface area contributed by atoms with E-state index in [1.807, 2.05) is 0 Å². The maximum absolute atomic E-state index is 5.39. The van der Waals surface area contributed by atoms with Crippen LogP contribution < -0.4 is 21.5 Å². The van der Waals surface area contributed by atoms with Gasteiger partial charge in [-0.1, -0.05) is 85.7 Å². The van der Waals surface area contributed by atoms with Crippen molar-refractivity contribution in [2.45, 2.75) is 63.5 Å². The molecule has 6 heteroatoms. The minimum absolute atomic E-state index is 0.399. The summed E-state index contributed by atoms with van der Waals surface area (Å²) in [6, 6.07) is 22.6. The van der Waals surface area contributed by atoms with Gasteiger partial charge in [0.2, 0.25) is 11.9 Å². The minimum atomic E-state index is 0.399. The van der Waals surface area contributed by atoms with Crippen LogP contribution in [0.4, 0.5) is 11.4 Å². The highest BCUT2D eigenvalue weighted by Crippen LogP contribution is 2.47. The van der Waals surface area contributed by atoms with E-state index in [0.29, 0.717) is 18.0 Å². The molecule has 0 aliphatic heterocycles. The lowest BCUT2D eigenvalue weighted by Gasteiger charge is -2.27. The van der Waals surface area contributed by atoms with Crippen LogP contribution in [0.25, 0.3) is 45.8 Å². The third-order valence-corrected chi connectivity index (χ3v) is 11.9. The Labute approximate surface area is 270 Å². The summed E-state index contributed by atoms with van der Waals surface area (Å²) in [6.07, 6.45) is 19.4. The number of anilines is 1. The van der Waals surface area contributed by atoms with E-state index >= 15 is 0 Å². The maximum Gasteiger partial charge on any atom is 0.220 e. The van der Waals surface area contributed by atoms with Gasteiger partial charge in [-0.05, 0) is 107 Å². The van der Waals surface area contributed by atoms with Crippen molar-refractivity contribution in [3.8, 4) is 0 Å². The summed E-state index contributed by atoms with van der Waals surface area (Å²) < 4.78 is 0. The number of aliphatic imine (C=N–C) groups is 2. The molecule has 0 spiro atoms. The molecule has 10 rings (SSSR count). The monoisotopic (exact) mass is 604 g/mol. The average Bonchev–Trinajstić information content (AvgIpc) is 3.94. The highest BCUT2D eigenvalue weighted by Gasteiger charge is 2.42. The van der Waals surface area contributed by atoms with Gasteiger partial charge >= 0.3 is 0 Å². The molecule has 4 N–H and O–H groups in total. The van der Waals surface area contributed by atoms with E-state index in [2.05, 4.69) is 106 Å². The average molecular weight is 605 g/mol. The van der Waals surface area contributed by atoms with Gasteiger partial charge in [-0.25, -0.2) is 9.98 Å². The quantitative estimate of drug-likeness (QED) is 0.0925. The first kappa shape index (κ1) is 26.6.